The van der Waals surface area contributed by atoms with E-state index in [2.05, 4.69) is 79.7 Å². The van der Waals surface area contributed by atoms with Crippen LogP contribution in [0.1, 0.15) is 110 Å². The van der Waals surface area contributed by atoms with E-state index in [1.54, 1.807) is 0 Å². The van der Waals surface area contributed by atoms with Crippen molar-refractivity contribution in [2.75, 3.05) is 13.2 Å². The molecule has 0 fully saturated rings. The third-order valence-electron chi connectivity index (χ3n) is 3.71. The molecule has 1 aromatic carbocycles. The quantitative estimate of drug-likeness (QED) is 0.246. The fraction of sp³-hybridized carbons (Fsp3) is 0.731. The van der Waals surface area contributed by atoms with Gasteiger partial charge in [-0.15, -0.1) is 0 Å². The number of unbranched alkanes of at least 4 members (excludes halogenated alkanes) is 4. The van der Waals surface area contributed by atoms with Gasteiger partial charge in [0, 0.05) is 45.9 Å². The van der Waals surface area contributed by atoms with Crippen molar-refractivity contribution in [3.8, 4) is 0 Å². The number of ether oxygens (including phenoxy) is 1. The van der Waals surface area contributed by atoms with Crippen LogP contribution in [0.4, 0.5) is 0 Å². The molecule has 0 aliphatic rings. The summed E-state index contributed by atoms with van der Waals surface area (Å²) in [7, 11) is 0. The molecule has 0 unspecified atom stereocenters. The Morgan fingerprint density at radius 2 is 1.18 bits per heavy atom. The SMILES string of the molecule is CCCC.CCCOCCC.CCCc1ccc(C)cc1.[CH2-]CCCCC.[Y]. The Kier molecular flexibility index (Phi) is 44.3. The van der Waals surface area contributed by atoms with Gasteiger partial charge in [0.05, 0.1) is 0 Å². The van der Waals surface area contributed by atoms with Crippen LogP contribution in [-0.2, 0) is 43.9 Å². The molecule has 1 radical (unpaired) electrons. The van der Waals surface area contributed by atoms with Crippen LogP contribution in [0.15, 0.2) is 24.3 Å². The first-order valence-electron chi connectivity index (χ1n) is 11.5. The van der Waals surface area contributed by atoms with E-state index in [-0.39, 0.29) is 32.7 Å². The second-order valence-corrected chi connectivity index (χ2v) is 6.91. The summed E-state index contributed by atoms with van der Waals surface area (Å²) in [6.07, 6.45) is 12.4. The molecule has 0 aliphatic heterocycles. The van der Waals surface area contributed by atoms with E-state index in [0.717, 1.165) is 32.5 Å². The Balaban J connectivity index is -0.000000143. The summed E-state index contributed by atoms with van der Waals surface area (Å²) in [5, 5.41) is 0. The summed E-state index contributed by atoms with van der Waals surface area (Å²) >= 11 is 0. The van der Waals surface area contributed by atoms with Crippen molar-refractivity contribution in [2.24, 2.45) is 0 Å². The summed E-state index contributed by atoms with van der Waals surface area (Å²) in [5.74, 6) is 0. The van der Waals surface area contributed by atoms with Gasteiger partial charge >= 0.3 is 0 Å². The van der Waals surface area contributed by atoms with Crippen molar-refractivity contribution < 1.29 is 37.4 Å². The molecule has 1 aromatic rings. The molecular formula is C26H51OY-. The predicted octanol–water partition coefficient (Wildman–Crippen LogP) is 8.98. The van der Waals surface area contributed by atoms with E-state index >= 15 is 0 Å². The molecule has 0 aliphatic carbocycles. The molecule has 0 spiro atoms. The molecule has 0 saturated heterocycles. The first kappa shape index (κ1) is 35.7. The van der Waals surface area contributed by atoms with Crippen LogP contribution in [0.3, 0.4) is 0 Å². The molecule has 28 heavy (non-hydrogen) atoms. The summed E-state index contributed by atoms with van der Waals surface area (Å²) in [6.45, 7) is 20.7. The second kappa shape index (κ2) is 34.8. The predicted molar refractivity (Wildman–Crippen MR) is 127 cm³/mol. The van der Waals surface area contributed by atoms with Crippen LogP contribution < -0.4 is 0 Å². The molecule has 0 amide bonds. The normalized spacial score (nSPS) is 8.86. The van der Waals surface area contributed by atoms with Crippen molar-refractivity contribution in [1.82, 2.24) is 0 Å². The number of hydrogen-bond donors (Lipinski definition) is 0. The topological polar surface area (TPSA) is 9.23 Å². The summed E-state index contributed by atoms with van der Waals surface area (Å²) in [6, 6.07) is 8.76. The molecule has 1 nitrogen and oxygen atoms in total. The van der Waals surface area contributed by atoms with Gasteiger partial charge in [0.25, 0.3) is 0 Å². The van der Waals surface area contributed by atoms with Crippen LogP contribution >= 0.6 is 0 Å². The first-order chi connectivity index (χ1) is 13.1. The van der Waals surface area contributed by atoms with Crippen molar-refractivity contribution in [2.45, 2.75) is 113 Å². The molecule has 1 rings (SSSR count). The maximum absolute atomic E-state index is 5.13. The molecule has 2 heteroatoms. The molecule has 0 N–H and O–H groups in total. The number of benzene rings is 1. The standard InChI is InChI=1S/C10H14.C6H14O.C6H13.C4H10.Y/c1-3-4-10-7-5-9(2)6-8-10;1-3-5-7-6-4-2;1-3-5-6-4-2;1-3-4-2;/h5-8H,3-4H2,1-2H3;3-6H2,1-2H3;1,3-6H2,2H3;3-4H2,1-2H3;/q;;-1;;. The zero-order valence-electron chi connectivity index (χ0n) is 20.5. The summed E-state index contributed by atoms with van der Waals surface area (Å²) in [5.41, 5.74) is 2.80. The summed E-state index contributed by atoms with van der Waals surface area (Å²) in [4.78, 5) is 0. The Hall–Kier alpha value is 0.284. The number of aryl methyl sites for hydroxylation is 2. The molecule has 0 atom stereocenters. The molecule has 0 heterocycles. The van der Waals surface area contributed by atoms with Gasteiger partial charge in [0.2, 0.25) is 0 Å². The van der Waals surface area contributed by atoms with Gasteiger partial charge in [-0.2, -0.15) is 6.42 Å². The van der Waals surface area contributed by atoms with Gasteiger partial charge in [-0.05, 0) is 31.7 Å². The zero-order chi connectivity index (χ0) is 21.2. The Morgan fingerprint density at radius 1 is 0.679 bits per heavy atom. The fourth-order valence-electron chi connectivity index (χ4n) is 1.86. The van der Waals surface area contributed by atoms with E-state index in [1.165, 1.54) is 56.1 Å². The minimum atomic E-state index is 0. The number of rotatable bonds is 10. The van der Waals surface area contributed by atoms with Crippen LogP contribution in [0.25, 0.3) is 0 Å². The smallest absolute Gasteiger partial charge is 0.0463 e. The van der Waals surface area contributed by atoms with E-state index in [1.807, 2.05) is 0 Å². The Labute approximate surface area is 204 Å². The van der Waals surface area contributed by atoms with Gasteiger partial charge in [-0.25, -0.2) is 0 Å². The zero-order valence-corrected chi connectivity index (χ0v) is 23.3. The van der Waals surface area contributed by atoms with Crippen LogP contribution in [0.2, 0.25) is 0 Å². The van der Waals surface area contributed by atoms with Crippen molar-refractivity contribution >= 4 is 0 Å². The van der Waals surface area contributed by atoms with E-state index in [4.69, 9.17) is 4.74 Å². The molecule has 0 bridgehead atoms. The third kappa shape index (κ3) is 37.1. The summed E-state index contributed by atoms with van der Waals surface area (Å²) < 4.78 is 5.13. The maximum Gasteiger partial charge on any atom is 0.0463 e. The largest absolute Gasteiger partial charge is 0.381 e. The van der Waals surface area contributed by atoms with Crippen LogP contribution in [0.5, 0.6) is 0 Å². The van der Waals surface area contributed by atoms with Gasteiger partial charge < -0.3 is 11.7 Å². The second-order valence-electron chi connectivity index (χ2n) is 6.91. The van der Waals surface area contributed by atoms with E-state index in [0.29, 0.717) is 0 Å². The van der Waals surface area contributed by atoms with Crippen molar-refractivity contribution in [1.29, 1.82) is 0 Å². The molecule has 0 saturated carbocycles. The van der Waals surface area contributed by atoms with Gasteiger partial charge in [-0.3, -0.25) is 0 Å². The molecular weight excluding hydrogens is 417 g/mol. The Bertz CT molecular complexity index is 325. The molecule has 0 aromatic heterocycles. The van der Waals surface area contributed by atoms with Crippen molar-refractivity contribution in [3.63, 3.8) is 0 Å². The van der Waals surface area contributed by atoms with Gasteiger partial charge in [0.15, 0.2) is 0 Å². The average molecular weight is 469 g/mol. The van der Waals surface area contributed by atoms with Crippen LogP contribution in [0, 0.1) is 13.8 Å². The Morgan fingerprint density at radius 3 is 1.46 bits per heavy atom. The third-order valence-corrected chi connectivity index (χ3v) is 3.71. The minimum Gasteiger partial charge on any atom is -0.381 e. The van der Waals surface area contributed by atoms with Crippen molar-refractivity contribution in [3.05, 3.63) is 42.3 Å². The monoisotopic (exact) mass is 468 g/mol. The fourth-order valence-corrected chi connectivity index (χ4v) is 1.86. The van der Waals surface area contributed by atoms with Gasteiger partial charge in [-0.1, -0.05) is 110 Å². The number of hydrogen-bond acceptors (Lipinski definition) is 1. The van der Waals surface area contributed by atoms with Gasteiger partial charge in [0.1, 0.15) is 0 Å². The average Bonchev–Trinajstić information content (AvgIpc) is 2.70. The molecule has 165 valence electrons. The maximum atomic E-state index is 5.13. The van der Waals surface area contributed by atoms with Crippen LogP contribution in [-0.4, -0.2) is 13.2 Å². The minimum absolute atomic E-state index is 0. The first-order valence-corrected chi connectivity index (χ1v) is 11.5. The van der Waals surface area contributed by atoms with E-state index in [9.17, 15) is 0 Å². The van der Waals surface area contributed by atoms with E-state index < -0.39 is 0 Å².